The third kappa shape index (κ3) is 4.53. The molecule has 9 nitrogen and oxygen atoms in total. The van der Waals surface area contributed by atoms with Crippen LogP contribution in [0.1, 0.15) is 16.1 Å². The van der Waals surface area contributed by atoms with E-state index in [-0.39, 0.29) is 25.6 Å². The molecule has 0 saturated heterocycles. The van der Waals surface area contributed by atoms with Gasteiger partial charge in [0.25, 0.3) is 11.8 Å². The SMILES string of the molecule is O=C(COC(=O)CNC(=O)c1ccco1)NCc1ccc2c(c1)OCO2. The Hall–Kier alpha value is -3.49. The predicted octanol–water partition coefficient (Wildman–Crippen LogP) is 0.598. The Bertz CT molecular complexity index is 801. The van der Waals surface area contributed by atoms with Crippen LogP contribution in [-0.4, -0.2) is 37.7 Å². The first-order valence-corrected chi connectivity index (χ1v) is 7.74. The highest BCUT2D eigenvalue weighted by molar-refractivity contribution is 5.93. The quantitative estimate of drug-likeness (QED) is 0.695. The van der Waals surface area contributed by atoms with Gasteiger partial charge in [0, 0.05) is 6.54 Å². The number of hydrogen-bond donors (Lipinski definition) is 2. The fourth-order valence-corrected chi connectivity index (χ4v) is 2.15. The molecular weight excluding hydrogens is 344 g/mol. The molecule has 2 heterocycles. The van der Waals surface area contributed by atoms with Gasteiger partial charge in [-0.25, -0.2) is 0 Å². The minimum absolute atomic E-state index is 0.0827. The van der Waals surface area contributed by atoms with Crippen molar-refractivity contribution in [3.63, 3.8) is 0 Å². The van der Waals surface area contributed by atoms with Gasteiger partial charge >= 0.3 is 5.97 Å². The Labute approximate surface area is 148 Å². The predicted molar refractivity (Wildman–Crippen MR) is 86.4 cm³/mol. The highest BCUT2D eigenvalue weighted by Crippen LogP contribution is 2.32. The van der Waals surface area contributed by atoms with Crippen LogP contribution in [0, 0.1) is 0 Å². The number of amides is 2. The zero-order valence-electron chi connectivity index (χ0n) is 13.7. The summed E-state index contributed by atoms with van der Waals surface area (Å²) in [7, 11) is 0. The van der Waals surface area contributed by atoms with E-state index in [0.717, 1.165) is 5.56 Å². The number of benzene rings is 1. The van der Waals surface area contributed by atoms with Crippen molar-refractivity contribution < 1.29 is 33.0 Å². The van der Waals surface area contributed by atoms with E-state index < -0.39 is 24.4 Å². The topological polar surface area (TPSA) is 116 Å². The van der Waals surface area contributed by atoms with E-state index in [0.29, 0.717) is 11.5 Å². The molecule has 1 aliphatic heterocycles. The fraction of sp³-hybridized carbons (Fsp3) is 0.235. The van der Waals surface area contributed by atoms with Gasteiger partial charge in [-0.2, -0.15) is 0 Å². The summed E-state index contributed by atoms with van der Waals surface area (Å²) in [4.78, 5) is 34.9. The molecule has 9 heteroatoms. The maximum atomic E-state index is 11.7. The van der Waals surface area contributed by atoms with Crippen LogP contribution >= 0.6 is 0 Å². The third-order valence-electron chi connectivity index (χ3n) is 3.43. The molecule has 2 N–H and O–H groups in total. The molecule has 26 heavy (non-hydrogen) atoms. The lowest BCUT2D eigenvalue weighted by Crippen LogP contribution is -2.33. The standard InChI is InChI=1S/C17H16N2O7/c20-15(18-7-11-3-4-12-14(6-11)26-10-25-12)9-24-16(21)8-19-17(22)13-2-1-5-23-13/h1-6H,7-10H2,(H,18,20)(H,19,22). The van der Waals surface area contributed by atoms with Crippen molar-refractivity contribution >= 4 is 17.8 Å². The van der Waals surface area contributed by atoms with E-state index in [4.69, 9.17) is 18.6 Å². The Morgan fingerprint density at radius 3 is 2.73 bits per heavy atom. The smallest absolute Gasteiger partial charge is 0.325 e. The zero-order chi connectivity index (χ0) is 18.4. The second kappa shape index (κ2) is 8.06. The van der Waals surface area contributed by atoms with Crippen LogP contribution in [0.3, 0.4) is 0 Å². The van der Waals surface area contributed by atoms with Crippen molar-refractivity contribution in [1.29, 1.82) is 0 Å². The fourth-order valence-electron chi connectivity index (χ4n) is 2.15. The van der Waals surface area contributed by atoms with Gasteiger partial charge in [-0.15, -0.1) is 0 Å². The zero-order valence-corrected chi connectivity index (χ0v) is 13.7. The molecule has 1 aliphatic rings. The summed E-state index contributed by atoms with van der Waals surface area (Å²) < 4.78 is 20.1. The van der Waals surface area contributed by atoms with Crippen molar-refractivity contribution in [1.82, 2.24) is 10.6 Å². The van der Waals surface area contributed by atoms with Gasteiger partial charge in [0.1, 0.15) is 6.54 Å². The van der Waals surface area contributed by atoms with E-state index >= 15 is 0 Å². The van der Waals surface area contributed by atoms with Gasteiger partial charge in [-0.05, 0) is 29.8 Å². The molecule has 2 aromatic rings. The number of ether oxygens (including phenoxy) is 3. The Morgan fingerprint density at radius 1 is 1.08 bits per heavy atom. The summed E-state index contributed by atoms with van der Waals surface area (Å²) in [5.74, 6) is -0.379. The summed E-state index contributed by atoms with van der Waals surface area (Å²) in [5.41, 5.74) is 0.819. The number of furan rings is 1. The lowest BCUT2D eigenvalue weighted by molar-refractivity contribution is -0.147. The van der Waals surface area contributed by atoms with Crippen molar-refractivity contribution in [2.75, 3.05) is 19.9 Å². The number of hydrogen-bond acceptors (Lipinski definition) is 7. The highest BCUT2D eigenvalue weighted by Gasteiger charge is 2.14. The first-order chi connectivity index (χ1) is 12.6. The molecule has 0 fully saturated rings. The molecule has 136 valence electrons. The molecule has 0 bridgehead atoms. The number of carbonyl (C=O) groups is 3. The first kappa shape index (κ1) is 17.3. The molecule has 0 radical (unpaired) electrons. The van der Waals surface area contributed by atoms with E-state index in [1.807, 2.05) is 0 Å². The molecular formula is C17H16N2O7. The van der Waals surface area contributed by atoms with Crippen molar-refractivity contribution in [2.45, 2.75) is 6.54 Å². The van der Waals surface area contributed by atoms with Gasteiger partial charge in [0.15, 0.2) is 23.9 Å². The number of nitrogens with one attached hydrogen (secondary N) is 2. The molecule has 2 amide bonds. The van der Waals surface area contributed by atoms with E-state index in [1.54, 1.807) is 24.3 Å². The molecule has 1 aromatic heterocycles. The molecule has 0 unspecified atom stereocenters. The molecule has 0 saturated carbocycles. The minimum atomic E-state index is -0.733. The average Bonchev–Trinajstić information content (AvgIpc) is 3.33. The largest absolute Gasteiger partial charge is 0.459 e. The van der Waals surface area contributed by atoms with Crippen molar-refractivity contribution in [2.24, 2.45) is 0 Å². The second-order valence-electron chi connectivity index (χ2n) is 5.29. The third-order valence-corrected chi connectivity index (χ3v) is 3.43. The van der Waals surface area contributed by atoms with Crippen LogP contribution in [0.4, 0.5) is 0 Å². The number of fused-ring (bicyclic) bond motifs is 1. The summed E-state index contributed by atoms with van der Waals surface area (Å²) in [6, 6.07) is 8.33. The lowest BCUT2D eigenvalue weighted by Gasteiger charge is -2.08. The van der Waals surface area contributed by atoms with E-state index in [1.165, 1.54) is 12.3 Å². The summed E-state index contributed by atoms with van der Waals surface area (Å²) in [6.07, 6.45) is 1.34. The van der Waals surface area contributed by atoms with E-state index in [2.05, 4.69) is 10.6 Å². The molecule has 3 rings (SSSR count). The van der Waals surface area contributed by atoms with Crippen molar-refractivity contribution in [3.05, 3.63) is 47.9 Å². The Kier molecular flexibility index (Phi) is 5.37. The van der Waals surface area contributed by atoms with Crippen LogP contribution in [0.25, 0.3) is 0 Å². The lowest BCUT2D eigenvalue weighted by atomic mass is 10.2. The van der Waals surface area contributed by atoms with E-state index in [9.17, 15) is 14.4 Å². The summed E-state index contributed by atoms with van der Waals surface area (Å²) in [6.45, 7) is -0.380. The maximum Gasteiger partial charge on any atom is 0.325 e. The maximum absolute atomic E-state index is 11.7. The molecule has 0 atom stereocenters. The van der Waals surface area contributed by atoms with Crippen molar-refractivity contribution in [3.8, 4) is 11.5 Å². The Morgan fingerprint density at radius 2 is 1.92 bits per heavy atom. The minimum Gasteiger partial charge on any atom is -0.459 e. The van der Waals surface area contributed by atoms with Gasteiger partial charge in [0.2, 0.25) is 6.79 Å². The van der Waals surface area contributed by atoms with Crippen LogP contribution in [0.5, 0.6) is 11.5 Å². The average molecular weight is 360 g/mol. The normalized spacial score (nSPS) is 11.7. The van der Waals surface area contributed by atoms with Gasteiger partial charge < -0.3 is 29.3 Å². The number of carbonyl (C=O) groups excluding carboxylic acids is 3. The summed E-state index contributed by atoms with van der Waals surface area (Å²) >= 11 is 0. The van der Waals surface area contributed by atoms with Gasteiger partial charge in [-0.1, -0.05) is 6.07 Å². The molecule has 1 aromatic carbocycles. The van der Waals surface area contributed by atoms with Crippen LogP contribution in [0.2, 0.25) is 0 Å². The van der Waals surface area contributed by atoms with Crippen LogP contribution in [-0.2, 0) is 20.9 Å². The van der Waals surface area contributed by atoms with Gasteiger partial charge in [0.05, 0.1) is 6.26 Å². The first-order valence-electron chi connectivity index (χ1n) is 7.74. The highest BCUT2D eigenvalue weighted by atomic mass is 16.7. The second-order valence-corrected chi connectivity index (χ2v) is 5.29. The molecule has 0 aliphatic carbocycles. The number of rotatable bonds is 7. The Balaban J connectivity index is 1.34. The molecule has 0 spiro atoms. The number of esters is 1. The summed E-state index contributed by atoms with van der Waals surface area (Å²) in [5, 5.41) is 4.94. The van der Waals surface area contributed by atoms with Crippen LogP contribution in [0.15, 0.2) is 41.0 Å². The monoisotopic (exact) mass is 360 g/mol. The van der Waals surface area contributed by atoms with Gasteiger partial charge in [-0.3, -0.25) is 14.4 Å². The van der Waals surface area contributed by atoms with Crippen LogP contribution < -0.4 is 20.1 Å².